The van der Waals surface area contributed by atoms with Crippen molar-refractivity contribution in [2.45, 2.75) is 19.9 Å². The van der Waals surface area contributed by atoms with Crippen LogP contribution in [0.25, 0.3) is 32.7 Å². The summed E-state index contributed by atoms with van der Waals surface area (Å²) in [7, 11) is 1.62. The van der Waals surface area contributed by atoms with E-state index in [2.05, 4.69) is 40.5 Å². The fourth-order valence-electron chi connectivity index (χ4n) is 4.24. The van der Waals surface area contributed by atoms with Gasteiger partial charge >= 0.3 is 0 Å². The predicted octanol–water partition coefficient (Wildman–Crippen LogP) is 3.04. The SMILES string of the molecule is Cc1ccc2[nH]cc(CCNC(=O)Cn3c4ccccc4c4cnn(C)c(=O)c43)c2c1. The largest absolute Gasteiger partial charge is 0.361 e. The molecule has 1 amide bonds. The van der Waals surface area contributed by atoms with E-state index in [1.165, 1.54) is 21.2 Å². The molecule has 0 aliphatic heterocycles. The van der Waals surface area contributed by atoms with Gasteiger partial charge in [0.05, 0.1) is 6.20 Å². The number of aryl methyl sites for hydroxylation is 2. The smallest absolute Gasteiger partial charge is 0.291 e. The van der Waals surface area contributed by atoms with E-state index in [1.807, 2.05) is 30.5 Å². The van der Waals surface area contributed by atoms with E-state index in [9.17, 15) is 9.59 Å². The summed E-state index contributed by atoms with van der Waals surface area (Å²) >= 11 is 0. The molecule has 0 radical (unpaired) electrons. The molecule has 0 atom stereocenters. The Balaban J connectivity index is 1.38. The summed E-state index contributed by atoms with van der Waals surface area (Å²) in [6, 6.07) is 14.0. The maximum Gasteiger partial charge on any atom is 0.291 e. The van der Waals surface area contributed by atoms with Crippen molar-refractivity contribution in [2.24, 2.45) is 7.05 Å². The van der Waals surface area contributed by atoms with Gasteiger partial charge < -0.3 is 14.9 Å². The molecule has 31 heavy (non-hydrogen) atoms. The Hall–Kier alpha value is -3.87. The van der Waals surface area contributed by atoms with Gasteiger partial charge in [0, 0.05) is 47.0 Å². The molecule has 0 saturated heterocycles. The third-order valence-corrected chi connectivity index (χ3v) is 5.81. The van der Waals surface area contributed by atoms with Crippen molar-refractivity contribution in [3.05, 3.63) is 76.3 Å². The summed E-state index contributed by atoms with van der Waals surface area (Å²) in [6.45, 7) is 2.68. The van der Waals surface area contributed by atoms with Crippen LogP contribution in [0.5, 0.6) is 0 Å². The molecule has 0 bridgehead atoms. The number of carbonyl (C=O) groups is 1. The molecule has 3 aromatic heterocycles. The average molecular weight is 413 g/mol. The van der Waals surface area contributed by atoms with E-state index >= 15 is 0 Å². The van der Waals surface area contributed by atoms with Gasteiger partial charge in [0.2, 0.25) is 5.91 Å². The third-order valence-electron chi connectivity index (χ3n) is 5.81. The fourth-order valence-corrected chi connectivity index (χ4v) is 4.24. The number of carbonyl (C=O) groups excluding carboxylic acids is 1. The number of nitrogens with one attached hydrogen (secondary N) is 2. The standard InChI is InChI=1S/C24H23N5O2/c1-15-7-8-20-18(11-15)16(12-26-20)9-10-25-22(30)14-29-21-6-4-3-5-17(21)19-13-27-28(2)24(31)23(19)29/h3-8,11-13,26H,9-10,14H2,1-2H3,(H,25,30). The number of nitrogens with zero attached hydrogens (tertiary/aromatic N) is 3. The van der Waals surface area contributed by atoms with Crippen LogP contribution in [-0.4, -0.2) is 31.8 Å². The van der Waals surface area contributed by atoms with Crippen LogP contribution in [0.4, 0.5) is 0 Å². The Kier molecular flexibility index (Phi) is 4.58. The summed E-state index contributed by atoms with van der Waals surface area (Å²) in [5.41, 5.74) is 4.62. The van der Waals surface area contributed by atoms with E-state index in [1.54, 1.807) is 17.8 Å². The highest BCUT2D eigenvalue weighted by molar-refractivity contribution is 6.07. The maximum atomic E-state index is 12.8. The van der Waals surface area contributed by atoms with E-state index < -0.39 is 0 Å². The molecule has 2 aromatic carbocycles. The zero-order chi connectivity index (χ0) is 21.5. The van der Waals surface area contributed by atoms with Gasteiger partial charge in [-0.05, 0) is 37.1 Å². The monoisotopic (exact) mass is 413 g/mol. The number of aromatic amines is 1. The van der Waals surface area contributed by atoms with Crippen molar-refractivity contribution >= 4 is 38.6 Å². The van der Waals surface area contributed by atoms with E-state index in [0.29, 0.717) is 12.1 Å². The topological polar surface area (TPSA) is 84.7 Å². The predicted molar refractivity (Wildman–Crippen MR) is 122 cm³/mol. The molecular formula is C24H23N5O2. The quantitative estimate of drug-likeness (QED) is 0.464. The molecule has 0 aliphatic carbocycles. The van der Waals surface area contributed by atoms with Crippen molar-refractivity contribution in [1.82, 2.24) is 24.6 Å². The van der Waals surface area contributed by atoms with Gasteiger partial charge in [-0.3, -0.25) is 9.59 Å². The molecule has 156 valence electrons. The van der Waals surface area contributed by atoms with Crippen LogP contribution in [0.1, 0.15) is 11.1 Å². The number of benzene rings is 2. The Labute approximate surface area is 178 Å². The number of H-pyrrole nitrogens is 1. The molecule has 5 rings (SSSR count). The molecule has 0 saturated carbocycles. The molecular weight excluding hydrogens is 390 g/mol. The highest BCUT2D eigenvalue weighted by atomic mass is 16.2. The Morgan fingerprint density at radius 2 is 1.97 bits per heavy atom. The zero-order valence-corrected chi connectivity index (χ0v) is 17.5. The highest BCUT2D eigenvalue weighted by Crippen LogP contribution is 2.26. The molecule has 5 aromatic rings. The second-order valence-electron chi connectivity index (χ2n) is 7.90. The number of amides is 1. The van der Waals surface area contributed by atoms with Crippen LogP contribution >= 0.6 is 0 Å². The summed E-state index contributed by atoms with van der Waals surface area (Å²) < 4.78 is 3.09. The van der Waals surface area contributed by atoms with Gasteiger partial charge in [0.1, 0.15) is 12.1 Å². The molecule has 2 N–H and O–H groups in total. The average Bonchev–Trinajstić information content (AvgIpc) is 3.30. The summed E-state index contributed by atoms with van der Waals surface area (Å²) in [6.07, 6.45) is 4.42. The molecule has 7 heteroatoms. The Morgan fingerprint density at radius 3 is 2.84 bits per heavy atom. The van der Waals surface area contributed by atoms with Crippen molar-refractivity contribution < 1.29 is 4.79 Å². The Morgan fingerprint density at radius 1 is 1.13 bits per heavy atom. The van der Waals surface area contributed by atoms with Crippen LogP contribution in [0.3, 0.4) is 0 Å². The summed E-state index contributed by atoms with van der Waals surface area (Å²) in [5.74, 6) is -0.127. The van der Waals surface area contributed by atoms with E-state index in [4.69, 9.17) is 0 Å². The van der Waals surface area contributed by atoms with E-state index in [-0.39, 0.29) is 18.0 Å². The van der Waals surface area contributed by atoms with Crippen LogP contribution in [-0.2, 0) is 24.8 Å². The van der Waals surface area contributed by atoms with Crippen LogP contribution in [0.2, 0.25) is 0 Å². The molecule has 0 aliphatic rings. The van der Waals surface area contributed by atoms with Gasteiger partial charge in [-0.2, -0.15) is 5.10 Å². The van der Waals surface area contributed by atoms with Crippen LogP contribution < -0.4 is 10.9 Å². The van der Waals surface area contributed by atoms with Crippen LogP contribution in [0, 0.1) is 6.92 Å². The van der Waals surface area contributed by atoms with E-state index in [0.717, 1.165) is 28.2 Å². The minimum Gasteiger partial charge on any atom is -0.361 e. The number of para-hydroxylation sites is 1. The fraction of sp³-hybridized carbons (Fsp3) is 0.208. The Bertz CT molecular complexity index is 1510. The highest BCUT2D eigenvalue weighted by Gasteiger charge is 2.17. The molecule has 3 heterocycles. The number of aromatic nitrogens is 4. The molecule has 7 nitrogen and oxygen atoms in total. The molecule has 0 fully saturated rings. The van der Waals surface area contributed by atoms with Crippen molar-refractivity contribution in [3.8, 4) is 0 Å². The van der Waals surface area contributed by atoms with Crippen molar-refractivity contribution in [1.29, 1.82) is 0 Å². The molecule has 0 spiro atoms. The lowest BCUT2D eigenvalue weighted by molar-refractivity contribution is -0.121. The minimum atomic E-state index is -0.212. The second-order valence-corrected chi connectivity index (χ2v) is 7.90. The van der Waals surface area contributed by atoms with Crippen molar-refractivity contribution in [3.63, 3.8) is 0 Å². The van der Waals surface area contributed by atoms with Gasteiger partial charge in [-0.1, -0.05) is 29.8 Å². The van der Waals surface area contributed by atoms with Gasteiger partial charge in [0.25, 0.3) is 5.56 Å². The first-order valence-electron chi connectivity index (χ1n) is 10.3. The summed E-state index contributed by atoms with van der Waals surface area (Å²) in [4.78, 5) is 28.8. The minimum absolute atomic E-state index is 0.0796. The van der Waals surface area contributed by atoms with Gasteiger partial charge in [-0.25, -0.2) is 4.68 Å². The lowest BCUT2D eigenvalue weighted by atomic mass is 10.1. The number of fused-ring (bicyclic) bond motifs is 4. The molecule has 0 unspecified atom stereocenters. The first-order chi connectivity index (χ1) is 15.0. The number of rotatable bonds is 5. The first kappa shape index (κ1) is 19.1. The zero-order valence-electron chi connectivity index (χ0n) is 17.5. The number of hydrogen-bond donors (Lipinski definition) is 2. The van der Waals surface area contributed by atoms with Gasteiger partial charge in [-0.15, -0.1) is 0 Å². The second kappa shape index (κ2) is 7.43. The van der Waals surface area contributed by atoms with Crippen molar-refractivity contribution in [2.75, 3.05) is 6.54 Å². The maximum absolute atomic E-state index is 12.8. The lowest BCUT2D eigenvalue weighted by Gasteiger charge is -2.09. The third kappa shape index (κ3) is 3.28. The van der Waals surface area contributed by atoms with Gasteiger partial charge in [0.15, 0.2) is 0 Å². The normalized spacial score (nSPS) is 11.5. The summed E-state index contributed by atoms with van der Waals surface area (Å²) in [5, 5.41) is 10.0. The lowest BCUT2D eigenvalue weighted by Crippen LogP contribution is -2.30. The first-order valence-corrected chi connectivity index (χ1v) is 10.3. The van der Waals surface area contributed by atoms with Crippen LogP contribution in [0.15, 0.2) is 59.7 Å². The number of hydrogen-bond acceptors (Lipinski definition) is 3.